The first kappa shape index (κ1) is 17.2. The number of aliphatic hydroxyl groups is 1. The van der Waals surface area contributed by atoms with Crippen molar-refractivity contribution in [1.29, 1.82) is 0 Å². The maximum Gasteiger partial charge on any atom is 0.0585 e. The van der Waals surface area contributed by atoms with Crippen LogP contribution < -0.4 is 5.73 Å². The van der Waals surface area contributed by atoms with Gasteiger partial charge in [0.05, 0.1) is 6.61 Å². The zero-order chi connectivity index (χ0) is 15.3. The van der Waals surface area contributed by atoms with Gasteiger partial charge in [0.1, 0.15) is 0 Å². The lowest BCUT2D eigenvalue weighted by Crippen LogP contribution is -2.28. The summed E-state index contributed by atoms with van der Waals surface area (Å²) in [7, 11) is 0. The Bertz CT molecular complexity index is 418. The molecule has 20 heavy (non-hydrogen) atoms. The molecule has 1 aromatic rings. The first-order valence-electron chi connectivity index (χ1n) is 7.71. The number of hydrogen-bond acceptors (Lipinski definition) is 2. The zero-order valence-corrected chi connectivity index (χ0v) is 13.7. The Labute approximate surface area is 124 Å². The second-order valence-electron chi connectivity index (χ2n) is 7.35. The summed E-state index contributed by atoms with van der Waals surface area (Å²) in [6.45, 7) is 11.3. The van der Waals surface area contributed by atoms with E-state index in [0.717, 1.165) is 19.3 Å². The molecule has 0 radical (unpaired) electrons. The van der Waals surface area contributed by atoms with Crippen LogP contribution in [0.25, 0.3) is 0 Å². The highest BCUT2D eigenvalue weighted by atomic mass is 16.3. The Morgan fingerprint density at radius 2 is 1.85 bits per heavy atom. The van der Waals surface area contributed by atoms with Crippen molar-refractivity contribution in [3.8, 4) is 0 Å². The fourth-order valence-corrected chi connectivity index (χ4v) is 2.52. The Morgan fingerprint density at radius 1 is 1.20 bits per heavy atom. The molecule has 0 fully saturated rings. The molecule has 0 heterocycles. The predicted molar refractivity (Wildman–Crippen MR) is 87.1 cm³/mol. The van der Waals surface area contributed by atoms with Crippen LogP contribution >= 0.6 is 0 Å². The van der Waals surface area contributed by atoms with Crippen molar-refractivity contribution in [3.05, 3.63) is 34.9 Å². The van der Waals surface area contributed by atoms with Gasteiger partial charge in [0, 0.05) is 6.04 Å². The molecule has 0 aromatic heterocycles. The van der Waals surface area contributed by atoms with Gasteiger partial charge in [-0.1, -0.05) is 52.8 Å². The van der Waals surface area contributed by atoms with Gasteiger partial charge in [-0.15, -0.1) is 0 Å². The first-order chi connectivity index (χ1) is 9.24. The third kappa shape index (κ3) is 5.26. The molecule has 1 atom stereocenters. The highest BCUT2D eigenvalue weighted by Gasteiger charge is 2.16. The molecule has 0 aliphatic carbocycles. The zero-order valence-electron chi connectivity index (χ0n) is 13.7. The average molecular weight is 277 g/mol. The fourth-order valence-electron chi connectivity index (χ4n) is 2.52. The highest BCUT2D eigenvalue weighted by Crippen LogP contribution is 2.28. The van der Waals surface area contributed by atoms with Crippen LogP contribution in [0.4, 0.5) is 0 Å². The Kier molecular flexibility index (Phi) is 6.22. The summed E-state index contributed by atoms with van der Waals surface area (Å²) in [4.78, 5) is 0. The van der Waals surface area contributed by atoms with E-state index in [1.807, 2.05) is 0 Å². The lowest BCUT2D eigenvalue weighted by Gasteiger charge is -2.23. The minimum Gasteiger partial charge on any atom is -0.395 e. The predicted octanol–water partition coefficient (Wildman–Crippen LogP) is 3.65. The molecule has 0 saturated carbocycles. The molecule has 0 unspecified atom stereocenters. The summed E-state index contributed by atoms with van der Waals surface area (Å²) >= 11 is 0. The van der Waals surface area contributed by atoms with E-state index in [4.69, 9.17) is 5.73 Å². The molecule has 1 aromatic carbocycles. The van der Waals surface area contributed by atoms with Crippen molar-refractivity contribution in [2.75, 3.05) is 6.61 Å². The topological polar surface area (TPSA) is 46.2 Å². The van der Waals surface area contributed by atoms with Gasteiger partial charge in [-0.3, -0.25) is 0 Å². The number of aliphatic hydroxyl groups excluding tert-OH is 1. The molecule has 3 N–H and O–H groups in total. The third-order valence-electron chi connectivity index (χ3n) is 3.78. The average Bonchev–Trinajstić information content (AvgIpc) is 2.35. The first-order valence-corrected chi connectivity index (χ1v) is 7.71. The second kappa shape index (κ2) is 7.24. The normalized spacial score (nSPS) is 13.8. The van der Waals surface area contributed by atoms with Gasteiger partial charge in [0.25, 0.3) is 0 Å². The SMILES string of the molecule is CC(C)c1cccc(CCC(C)(C)C)c1C[C@@H](N)CO. The molecule has 0 aliphatic rings. The van der Waals surface area contributed by atoms with Gasteiger partial charge in [-0.2, -0.15) is 0 Å². The smallest absolute Gasteiger partial charge is 0.0585 e. The quantitative estimate of drug-likeness (QED) is 0.833. The maximum absolute atomic E-state index is 9.25. The molecule has 0 saturated heterocycles. The van der Waals surface area contributed by atoms with E-state index < -0.39 is 0 Å². The molecule has 0 amide bonds. The van der Waals surface area contributed by atoms with Crippen molar-refractivity contribution in [2.24, 2.45) is 11.1 Å². The fraction of sp³-hybridized carbons (Fsp3) is 0.667. The van der Waals surface area contributed by atoms with Gasteiger partial charge in [-0.05, 0) is 47.3 Å². The summed E-state index contributed by atoms with van der Waals surface area (Å²) in [5.74, 6) is 0.491. The lowest BCUT2D eigenvalue weighted by molar-refractivity contribution is 0.265. The van der Waals surface area contributed by atoms with Crippen LogP contribution in [0.3, 0.4) is 0 Å². The number of hydrogen-bond donors (Lipinski definition) is 2. The molecule has 0 bridgehead atoms. The van der Waals surface area contributed by atoms with E-state index in [2.05, 4.69) is 52.8 Å². The molecule has 2 nitrogen and oxygen atoms in total. The van der Waals surface area contributed by atoms with Crippen molar-refractivity contribution in [3.63, 3.8) is 0 Å². The lowest BCUT2D eigenvalue weighted by atomic mass is 9.84. The van der Waals surface area contributed by atoms with E-state index in [0.29, 0.717) is 11.3 Å². The standard InChI is InChI=1S/C18H31NO/c1-13(2)16-8-6-7-14(9-10-18(3,4)5)17(16)11-15(19)12-20/h6-8,13,15,20H,9-12,19H2,1-5H3/t15-/m1/s1. The van der Waals surface area contributed by atoms with E-state index in [9.17, 15) is 5.11 Å². The minimum absolute atomic E-state index is 0.0468. The largest absolute Gasteiger partial charge is 0.395 e. The van der Waals surface area contributed by atoms with Gasteiger partial charge in [0.2, 0.25) is 0 Å². The Balaban J connectivity index is 3.05. The maximum atomic E-state index is 9.25. The van der Waals surface area contributed by atoms with Crippen LogP contribution in [0.1, 0.15) is 63.6 Å². The second-order valence-corrected chi connectivity index (χ2v) is 7.35. The van der Waals surface area contributed by atoms with Gasteiger partial charge in [0.15, 0.2) is 0 Å². The summed E-state index contributed by atoms with van der Waals surface area (Å²) in [5, 5.41) is 9.25. The monoisotopic (exact) mass is 277 g/mol. The molecular weight excluding hydrogens is 246 g/mol. The number of rotatable bonds is 6. The van der Waals surface area contributed by atoms with Crippen molar-refractivity contribution < 1.29 is 5.11 Å². The summed E-state index contributed by atoms with van der Waals surface area (Å²) in [6.07, 6.45) is 3.01. The van der Waals surface area contributed by atoms with E-state index >= 15 is 0 Å². The third-order valence-corrected chi connectivity index (χ3v) is 3.78. The number of benzene rings is 1. The molecular formula is C18H31NO. The van der Waals surface area contributed by atoms with E-state index in [-0.39, 0.29) is 12.6 Å². The van der Waals surface area contributed by atoms with Crippen molar-refractivity contribution in [1.82, 2.24) is 0 Å². The van der Waals surface area contributed by atoms with Crippen LogP contribution in [0.15, 0.2) is 18.2 Å². The van der Waals surface area contributed by atoms with E-state index in [1.165, 1.54) is 16.7 Å². The molecule has 1 rings (SSSR count). The molecule has 114 valence electrons. The highest BCUT2D eigenvalue weighted by molar-refractivity contribution is 5.38. The molecule has 2 heteroatoms. The minimum atomic E-state index is -0.164. The van der Waals surface area contributed by atoms with Crippen LogP contribution in [-0.2, 0) is 12.8 Å². The summed E-state index contributed by atoms with van der Waals surface area (Å²) in [6, 6.07) is 6.41. The van der Waals surface area contributed by atoms with E-state index in [1.54, 1.807) is 0 Å². The Morgan fingerprint density at radius 3 is 2.35 bits per heavy atom. The van der Waals surface area contributed by atoms with Gasteiger partial charge >= 0.3 is 0 Å². The molecule has 0 aliphatic heterocycles. The Hall–Kier alpha value is -0.860. The van der Waals surface area contributed by atoms with Gasteiger partial charge in [-0.25, -0.2) is 0 Å². The van der Waals surface area contributed by atoms with Gasteiger partial charge < -0.3 is 10.8 Å². The van der Waals surface area contributed by atoms with Crippen LogP contribution in [0.5, 0.6) is 0 Å². The number of nitrogens with two attached hydrogens (primary N) is 1. The van der Waals surface area contributed by atoms with Crippen LogP contribution in [0.2, 0.25) is 0 Å². The molecule has 0 spiro atoms. The summed E-state index contributed by atoms with van der Waals surface area (Å²) in [5.41, 5.74) is 10.4. The summed E-state index contributed by atoms with van der Waals surface area (Å²) < 4.78 is 0. The van der Waals surface area contributed by atoms with Crippen LogP contribution in [0, 0.1) is 5.41 Å². The van der Waals surface area contributed by atoms with Crippen molar-refractivity contribution >= 4 is 0 Å². The number of aryl methyl sites for hydroxylation is 1. The van der Waals surface area contributed by atoms with Crippen molar-refractivity contribution in [2.45, 2.75) is 65.8 Å². The van der Waals surface area contributed by atoms with Crippen LogP contribution in [-0.4, -0.2) is 17.8 Å².